The van der Waals surface area contributed by atoms with E-state index in [0.717, 1.165) is 17.7 Å². The zero-order valence-electron chi connectivity index (χ0n) is 6.91. The van der Waals surface area contributed by atoms with Gasteiger partial charge in [-0.1, -0.05) is 6.92 Å². The molecule has 0 saturated heterocycles. The summed E-state index contributed by atoms with van der Waals surface area (Å²) in [6.45, 7) is 4.07. The lowest BCUT2D eigenvalue weighted by Crippen LogP contribution is -1.75. The first-order valence-electron chi connectivity index (χ1n) is 3.77. The lowest BCUT2D eigenvalue weighted by molar-refractivity contribution is 1.24. The van der Waals surface area contributed by atoms with E-state index >= 15 is 0 Å². The highest BCUT2D eigenvalue weighted by atomic mass is 14.8. The normalized spacial score (nSPS) is 10.7. The van der Waals surface area contributed by atoms with Gasteiger partial charge in [-0.15, -0.1) is 0 Å². The minimum absolute atomic E-state index is 0.937. The van der Waals surface area contributed by atoms with Gasteiger partial charge in [0, 0.05) is 12.4 Å². The molecule has 0 atom stereocenters. The van der Waals surface area contributed by atoms with E-state index in [1.807, 2.05) is 25.4 Å². The average molecular weight is 148 g/mol. The Bertz CT molecular complexity index is 253. The molecule has 0 saturated carbocycles. The van der Waals surface area contributed by atoms with Crippen LogP contribution < -0.4 is 0 Å². The Kier molecular flexibility index (Phi) is 2.78. The lowest BCUT2D eigenvalue weighted by Gasteiger charge is -1.92. The van der Waals surface area contributed by atoms with Gasteiger partial charge in [-0.3, -0.25) is 9.98 Å². The number of hydrogen-bond acceptors (Lipinski definition) is 2. The van der Waals surface area contributed by atoms with Crippen LogP contribution in [0.15, 0.2) is 23.5 Å². The number of aliphatic imine (C=N–C) groups is 1. The number of hydrogen-bond donors (Lipinski definition) is 0. The van der Waals surface area contributed by atoms with Crippen LogP contribution in [-0.2, 0) is 0 Å². The zero-order chi connectivity index (χ0) is 8.10. The van der Waals surface area contributed by atoms with Crippen LogP contribution in [0.2, 0.25) is 0 Å². The van der Waals surface area contributed by atoms with E-state index in [9.17, 15) is 0 Å². The Morgan fingerprint density at radius 2 is 2.36 bits per heavy atom. The Balaban J connectivity index is 2.79. The smallest absolute Gasteiger partial charge is 0.0811 e. The van der Waals surface area contributed by atoms with E-state index in [-0.39, 0.29) is 0 Å². The van der Waals surface area contributed by atoms with Gasteiger partial charge in [-0.2, -0.15) is 0 Å². The van der Waals surface area contributed by atoms with Gasteiger partial charge in [-0.25, -0.2) is 0 Å². The van der Waals surface area contributed by atoms with Crippen LogP contribution in [0.25, 0.3) is 0 Å². The summed E-state index contributed by atoms with van der Waals surface area (Å²) in [6, 6.07) is 2.01. The quantitative estimate of drug-likeness (QED) is 0.591. The first-order chi connectivity index (χ1) is 5.33. The standard InChI is InChI=1S/C9H12N2/c1-3-4-11-9-5-8(2)6-10-7-9/h4-7H,3H2,1-2H3. The maximum Gasteiger partial charge on any atom is 0.0811 e. The molecule has 0 aliphatic heterocycles. The fourth-order valence-electron chi connectivity index (χ4n) is 0.806. The summed E-state index contributed by atoms with van der Waals surface area (Å²) in [5, 5.41) is 0. The second kappa shape index (κ2) is 3.86. The predicted octanol–water partition coefficient (Wildman–Crippen LogP) is 2.50. The van der Waals surface area contributed by atoms with E-state index in [0.29, 0.717) is 0 Å². The monoisotopic (exact) mass is 148 g/mol. The van der Waals surface area contributed by atoms with Crippen LogP contribution >= 0.6 is 0 Å². The van der Waals surface area contributed by atoms with Crippen LogP contribution in [0.4, 0.5) is 5.69 Å². The molecule has 0 aromatic carbocycles. The molecular formula is C9H12N2. The molecule has 0 aliphatic carbocycles. The van der Waals surface area contributed by atoms with Crippen molar-refractivity contribution in [2.75, 3.05) is 0 Å². The van der Waals surface area contributed by atoms with Crippen molar-refractivity contribution in [3.63, 3.8) is 0 Å². The second-order valence-electron chi connectivity index (χ2n) is 2.44. The summed E-state index contributed by atoms with van der Waals surface area (Å²) >= 11 is 0. The van der Waals surface area contributed by atoms with E-state index in [2.05, 4.69) is 16.9 Å². The largest absolute Gasteiger partial charge is 0.262 e. The van der Waals surface area contributed by atoms with Crippen molar-refractivity contribution in [2.24, 2.45) is 4.99 Å². The van der Waals surface area contributed by atoms with Gasteiger partial charge in [0.1, 0.15) is 0 Å². The minimum atomic E-state index is 0.937. The maximum atomic E-state index is 4.20. The molecule has 0 amide bonds. The van der Waals surface area contributed by atoms with Gasteiger partial charge in [-0.05, 0) is 25.0 Å². The van der Waals surface area contributed by atoms with Crippen molar-refractivity contribution in [1.29, 1.82) is 0 Å². The summed E-state index contributed by atoms with van der Waals surface area (Å²) in [6.07, 6.45) is 6.44. The summed E-state index contributed by atoms with van der Waals surface area (Å²) < 4.78 is 0. The molecule has 0 N–H and O–H groups in total. The van der Waals surface area contributed by atoms with Crippen LogP contribution in [0, 0.1) is 6.92 Å². The Labute approximate surface area is 67.0 Å². The molecule has 58 valence electrons. The maximum absolute atomic E-state index is 4.20. The highest BCUT2D eigenvalue weighted by Gasteiger charge is 1.87. The number of aryl methyl sites for hydroxylation is 1. The third-order valence-corrected chi connectivity index (χ3v) is 1.28. The van der Waals surface area contributed by atoms with Crippen LogP contribution in [0.3, 0.4) is 0 Å². The highest BCUT2D eigenvalue weighted by molar-refractivity contribution is 5.62. The second-order valence-corrected chi connectivity index (χ2v) is 2.44. The van der Waals surface area contributed by atoms with Crippen LogP contribution in [-0.4, -0.2) is 11.2 Å². The topological polar surface area (TPSA) is 25.2 Å². The zero-order valence-corrected chi connectivity index (χ0v) is 6.91. The van der Waals surface area contributed by atoms with Gasteiger partial charge in [0.2, 0.25) is 0 Å². The SMILES string of the molecule is CCC=Nc1cncc(C)c1. The van der Waals surface area contributed by atoms with Crippen molar-refractivity contribution in [1.82, 2.24) is 4.98 Å². The molecule has 0 aliphatic rings. The van der Waals surface area contributed by atoms with Gasteiger partial charge in [0.25, 0.3) is 0 Å². The van der Waals surface area contributed by atoms with Crippen molar-refractivity contribution < 1.29 is 0 Å². The molecule has 11 heavy (non-hydrogen) atoms. The third-order valence-electron chi connectivity index (χ3n) is 1.28. The number of nitrogens with zero attached hydrogens (tertiary/aromatic N) is 2. The molecule has 1 aromatic heterocycles. The Morgan fingerprint density at radius 3 is 3.00 bits per heavy atom. The van der Waals surface area contributed by atoms with Crippen LogP contribution in [0.5, 0.6) is 0 Å². The number of aromatic nitrogens is 1. The number of pyridine rings is 1. The summed E-state index contributed by atoms with van der Waals surface area (Å²) in [4.78, 5) is 8.22. The molecule has 0 unspecified atom stereocenters. The number of rotatable bonds is 2. The van der Waals surface area contributed by atoms with E-state index < -0.39 is 0 Å². The molecule has 1 aromatic rings. The summed E-state index contributed by atoms with van der Waals surface area (Å²) in [5.74, 6) is 0. The van der Waals surface area contributed by atoms with E-state index in [1.165, 1.54) is 0 Å². The molecule has 0 spiro atoms. The van der Waals surface area contributed by atoms with Gasteiger partial charge in [0.15, 0.2) is 0 Å². The molecule has 0 bridgehead atoms. The lowest BCUT2D eigenvalue weighted by atomic mass is 10.3. The fraction of sp³-hybridized carbons (Fsp3) is 0.333. The molecule has 1 rings (SSSR count). The Morgan fingerprint density at radius 1 is 1.55 bits per heavy atom. The Hall–Kier alpha value is -1.18. The fourth-order valence-corrected chi connectivity index (χ4v) is 0.806. The molecule has 0 radical (unpaired) electrons. The van der Waals surface area contributed by atoms with Gasteiger partial charge >= 0.3 is 0 Å². The van der Waals surface area contributed by atoms with Crippen LogP contribution in [0.1, 0.15) is 18.9 Å². The first kappa shape index (κ1) is 7.92. The molecule has 2 nitrogen and oxygen atoms in total. The van der Waals surface area contributed by atoms with Crippen molar-refractivity contribution >= 4 is 11.9 Å². The third kappa shape index (κ3) is 2.50. The summed E-state index contributed by atoms with van der Waals surface area (Å²) in [5.41, 5.74) is 2.09. The molecule has 1 heterocycles. The van der Waals surface area contributed by atoms with Gasteiger partial charge in [0.05, 0.1) is 11.9 Å². The van der Waals surface area contributed by atoms with Crippen molar-refractivity contribution in [2.45, 2.75) is 20.3 Å². The molecule has 2 heteroatoms. The highest BCUT2D eigenvalue weighted by Crippen LogP contribution is 2.10. The summed E-state index contributed by atoms with van der Waals surface area (Å²) in [7, 11) is 0. The van der Waals surface area contributed by atoms with Crippen molar-refractivity contribution in [3.05, 3.63) is 24.0 Å². The van der Waals surface area contributed by atoms with E-state index in [1.54, 1.807) is 6.20 Å². The first-order valence-corrected chi connectivity index (χ1v) is 3.77. The van der Waals surface area contributed by atoms with Crippen molar-refractivity contribution in [3.8, 4) is 0 Å². The average Bonchev–Trinajstić information content (AvgIpc) is 2.01. The molecular weight excluding hydrogens is 136 g/mol. The predicted molar refractivity (Wildman–Crippen MR) is 47.4 cm³/mol. The van der Waals surface area contributed by atoms with Gasteiger partial charge < -0.3 is 0 Å². The molecule has 0 fully saturated rings. The van der Waals surface area contributed by atoms with E-state index in [4.69, 9.17) is 0 Å². The minimum Gasteiger partial charge on any atom is -0.262 e.